The number of hydrogen-bond donors (Lipinski definition) is 1. The predicted octanol–water partition coefficient (Wildman–Crippen LogP) is 1.70. The van der Waals surface area contributed by atoms with Crippen LogP contribution < -0.4 is 10.6 Å². The number of ether oxygens (including phenoxy) is 1. The largest absolute Gasteiger partial charge is 0.397 e. The molecule has 1 saturated heterocycles. The summed E-state index contributed by atoms with van der Waals surface area (Å²) in [5.74, 6) is 0.0123. The van der Waals surface area contributed by atoms with Crippen LogP contribution in [0.15, 0.2) is 30.6 Å². The van der Waals surface area contributed by atoms with Crippen molar-refractivity contribution < 1.29 is 9.13 Å². The Bertz CT molecular complexity index is 597. The standard InChI is InChI=1S/C14H15FN4O/c15-11-8-17-14(18-9-11)10-1-2-13(12(16)7-10)19-3-5-20-6-4-19/h1-2,7-9H,3-6,16H2. The van der Waals surface area contributed by atoms with E-state index in [2.05, 4.69) is 14.9 Å². The molecule has 1 fully saturated rings. The quantitative estimate of drug-likeness (QED) is 0.844. The smallest absolute Gasteiger partial charge is 0.159 e. The second-order valence-corrected chi connectivity index (χ2v) is 4.60. The van der Waals surface area contributed by atoms with E-state index in [1.807, 2.05) is 18.2 Å². The van der Waals surface area contributed by atoms with Crippen LogP contribution in [0.25, 0.3) is 11.4 Å². The molecule has 1 aromatic heterocycles. The van der Waals surface area contributed by atoms with Gasteiger partial charge in [-0.3, -0.25) is 0 Å². The molecule has 2 aromatic rings. The fourth-order valence-electron chi connectivity index (χ4n) is 2.25. The maximum atomic E-state index is 12.8. The van der Waals surface area contributed by atoms with Gasteiger partial charge in [-0.05, 0) is 18.2 Å². The lowest BCUT2D eigenvalue weighted by Crippen LogP contribution is -2.36. The molecule has 5 nitrogen and oxygen atoms in total. The van der Waals surface area contributed by atoms with Gasteiger partial charge in [-0.25, -0.2) is 14.4 Å². The molecule has 0 radical (unpaired) electrons. The zero-order valence-electron chi connectivity index (χ0n) is 10.9. The van der Waals surface area contributed by atoms with Gasteiger partial charge in [0.15, 0.2) is 11.6 Å². The third-order valence-corrected chi connectivity index (χ3v) is 3.26. The van der Waals surface area contributed by atoms with Gasteiger partial charge in [-0.1, -0.05) is 0 Å². The Morgan fingerprint density at radius 2 is 1.85 bits per heavy atom. The lowest BCUT2D eigenvalue weighted by atomic mass is 10.1. The molecule has 0 amide bonds. The third kappa shape index (κ3) is 2.55. The minimum absolute atomic E-state index is 0.452. The Balaban J connectivity index is 1.88. The number of benzene rings is 1. The van der Waals surface area contributed by atoms with Gasteiger partial charge in [-0.15, -0.1) is 0 Å². The van der Waals surface area contributed by atoms with E-state index in [0.29, 0.717) is 24.7 Å². The van der Waals surface area contributed by atoms with Gasteiger partial charge >= 0.3 is 0 Å². The van der Waals surface area contributed by atoms with Gasteiger partial charge in [0.05, 0.1) is 37.0 Å². The van der Waals surface area contributed by atoms with E-state index < -0.39 is 5.82 Å². The molecule has 0 saturated carbocycles. The summed E-state index contributed by atoms with van der Waals surface area (Å²) >= 11 is 0. The van der Waals surface area contributed by atoms with Crippen LogP contribution in [0, 0.1) is 5.82 Å². The molecule has 6 heteroatoms. The maximum Gasteiger partial charge on any atom is 0.159 e. The molecular weight excluding hydrogens is 259 g/mol. The fraction of sp³-hybridized carbons (Fsp3) is 0.286. The Morgan fingerprint density at radius 3 is 2.50 bits per heavy atom. The van der Waals surface area contributed by atoms with Gasteiger partial charge < -0.3 is 15.4 Å². The van der Waals surface area contributed by atoms with E-state index in [0.717, 1.165) is 36.7 Å². The highest BCUT2D eigenvalue weighted by atomic mass is 19.1. The Morgan fingerprint density at radius 1 is 1.15 bits per heavy atom. The minimum atomic E-state index is -0.452. The first-order valence-corrected chi connectivity index (χ1v) is 6.44. The van der Waals surface area contributed by atoms with Crippen molar-refractivity contribution in [1.29, 1.82) is 0 Å². The first kappa shape index (κ1) is 12.8. The Hall–Kier alpha value is -2.21. The number of nitrogens with zero attached hydrogens (tertiary/aromatic N) is 3. The van der Waals surface area contributed by atoms with Crippen molar-refractivity contribution in [3.8, 4) is 11.4 Å². The fourth-order valence-corrected chi connectivity index (χ4v) is 2.25. The van der Waals surface area contributed by atoms with Crippen molar-refractivity contribution >= 4 is 11.4 Å². The van der Waals surface area contributed by atoms with Crippen molar-refractivity contribution in [3.05, 3.63) is 36.4 Å². The molecular formula is C14H15FN4O. The van der Waals surface area contributed by atoms with Crippen molar-refractivity contribution in [2.75, 3.05) is 36.9 Å². The van der Waals surface area contributed by atoms with Gasteiger partial charge in [-0.2, -0.15) is 0 Å². The summed E-state index contributed by atoms with van der Waals surface area (Å²) in [5.41, 5.74) is 8.53. The van der Waals surface area contributed by atoms with Crippen molar-refractivity contribution in [1.82, 2.24) is 9.97 Å². The molecule has 2 N–H and O–H groups in total. The van der Waals surface area contributed by atoms with Crippen LogP contribution in [0.4, 0.5) is 15.8 Å². The van der Waals surface area contributed by atoms with E-state index >= 15 is 0 Å². The molecule has 0 bridgehead atoms. The number of halogens is 1. The molecule has 2 heterocycles. The van der Waals surface area contributed by atoms with Gasteiger partial charge in [0, 0.05) is 18.7 Å². The lowest BCUT2D eigenvalue weighted by molar-refractivity contribution is 0.123. The zero-order valence-corrected chi connectivity index (χ0v) is 10.9. The second kappa shape index (κ2) is 5.42. The van der Waals surface area contributed by atoms with Gasteiger partial charge in [0.2, 0.25) is 0 Å². The highest BCUT2D eigenvalue weighted by molar-refractivity contribution is 5.74. The molecule has 0 unspecified atom stereocenters. The summed E-state index contributed by atoms with van der Waals surface area (Å²) in [5, 5.41) is 0. The van der Waals surface area contributed by atoms with Crippen molar-refractivity contribution in [2.45, 2.75) is 0 Å². The zero-order chi connectivity index (χ0) is 13.9. The molecule has 0 spiro atoms. The van der Waals surface area contributed by atoms with Gasteiger partial charge in [0.1, 0.15) is 0 Å². The molecule has 0 atom stereocenters. The van der Waals surface area contributed by atoms with Crippen LogP contribution in [-0.4, -0.2) is 36.3 Å². The van der Waals surface area contributed by atoms with Gasteiger partial charge in [0.25, 0.3) is 0 Å². The molecule has 0 aliphatic carbocycles. The van der Waals surface area contributed by atoms with Crippen LogP contribution in [0.2, 0.25) is 0 Å². The number of aromatic nitrogens is 2. The van der Waals surface area contributed by atoms with Crippen LogP contribution in [0.1, 0.15) is 0 Å². The summed E-state index contributed by atoms with van der Waals surface area (Å²) in [4.78, 5) is 10.1. The minimum Gasteiger partial charge on any atom is -0.397 e. The second-order valence-electron chi connectivity index (χ2n) is 4.60. The number of hydrogen-bond acceptors (Lipinski definition) is 5. The summed E-state index contributed by atoms with van der Waals surface area (Å²) in [7, 11) is 0. The lowest BCUT2D eigenvalue weighted by Gasteiger charge is -2.30. The molecule has 1 aliphatic heterocycles. The Labute approximate surface area is 116 Å². The molecule has 1 aliphatic rings. The van der Waals surface area contributed by atoms with Crippen molar-refractivity contribution in [2.24, 2.45) is 0 Å². The number of rotatable bonds is 2. The molecule has 3 rings (SSSR count). The molecule has 20 heavy (non-hydrogen) atoms. The summed E-state index contributed by atoms with van der Waals surface area (Å²) < 4.78 is 18.1. The van der Waals surface area contributed by atoms with E-state index in [9.17, 15) is 4.39 Å². The Kier molecular flexibility index (Phi) is 3.47. The monoisotopic (exact) mass is 274 g/mol. The van der Waals surface area contributed by atoms with Crippen LogP contribution in [0.5, 0.6) is 0 Å². The first-order chi connectivity index (χ1) is 9.74. The number of morpholine rings is 1. The number of nitrogens with two attached hydrogens (primary N) is 1. The maximum absolute atomic E-state index is 12.8. The predicted molar refractivity (Wildman–Crippen MR) is 74.9 cm³/mol. The first-order valence-electron chi connectivity index (χ1n) is 6.44. The highest BCUT2D eigenvalue weighted by Crippen LogP contribution is 2.28. The van der Waals surface area contributed by atoms with E-state index in [1.54, 1.807) is 0 Å². The average molecular weight is 274 g/mol. The summed E-state index contributed by atoms with van der Waals surface area (Å²) in [6, 6.07) is 5.66. The van der Waals surface area contributed by atoms with Crippen LogP contribution in [-0.2, 0) is 4.74 Å². The van der Waals surface area contributed by atoms with E-state index in [-0.39, 0.29) is 0 Å². The topological polar surface area (TPSA) is 64.3 Å². The third-order valence-electron chi connectivity index (χ3n) is 3.26. The van der Waals surface area contributed by atoms with Crippen molar-refractivity contribution in [3.63, 3.8) is 0 Å². The summed E-state index contributed by atoms with van der Waals surface area (Å²) in [6.45, 7) is 3.08. The van der Waals surface area contributed by atoms with Crippen LogP contribution in [0.3, 0.4) is 0 Å². The SMILES string of the molecule is Nc1cc(-c2ncc(F)cn2)ccc1N1CCOCC1. The van der Waals surface area contributed by atoms with E-state index in [1.165, 1.54) is 0 Å². The number of anilines is 2. The van der Waals surface area contributed by atoms with E-state index in [4.69, 9.17) is 10.5 Å². The molecule has 104 valence electrons. The molecule has 1 aromatic carbocycles. The highest BCUT2D eigenvalue weighted by Gasteiger charge is 2.14. The number of nitrogen functional groups attached to an aromatic ring is 1. The average Bonchev–Trinajstić information content (AvgIpc) is 2.49. The normalized spacial score (nSPS) is 15.3. The summed E-state index contributed by atoms with van der Waals surface area (Å²) in [6.07, 6.45) is 2.29. The van der Waals surface area contributed by atoms with Crippen LogP contribution >= 0.6 is 0 Å².